The fourth-order valence-electron chi connectivity index (χ4n) is 2.68. The zero-order valence-electron chi connectivity index (χ0n) is 13.3. The van der Waals surface area contributed by atoms with Crippen LogP contribution in [-0.4, -0.2) is 16.1 Å². The minimum Gasteiger partial charge on any atom is -0.335 e. The van der Waals surface area contributed by atoms with Gasteiger partial charge in [0.05, 0.1) is 0 Å². The van der Waals surface area contributed by atoms with E-state index in [4.69, 9.17) is 0 Å². The van der Waals surface area contributed by atoms with Gasteiger partial charge in [-0.05, 0) is 31.4 Å². The number of aryl methyl sites for hydroxylation is 2. The first-order valence-electron chi connectivity index (χ1n) is 8.13. The van der Waals surface area contributed by atoms with E-state index < -0.39 is 0 Å². The number of nitrogens with zero attached hydrogens (tertiary/aromatic N) is 2. The summed E-state index contributed by atoms with van der Waals surface area (Å²) in [4.78, 5) is 4.52. The highest BCUT2D eigenvalue weighted by Crippen LogP contribution is 2.19. The fraction of sp³-hybridized carbons (Fsp3) is 0.500. The van der Waals surface area contributed by atoms with E-state index in [1.807, 2.05) is 6.20 Å². The zero-order chi connectivity index (χ0) is 14.9. The van der Waals surface area contributed by atoms with Crippen LogP contribution in [0, 0.1) is 0 Å². The van der Waals surface area contributed by atoms with Crippen LogP contribution in [0.2, 0.25) is 0 Å². The fourth-order valence-corrected chi connectivity index (χ4v) is 2.68. The number of aromatic nitrogens is 2. The third-order valence-corrected chi connectivity index (χ3v) is 3.77. The average molecular weight is 285 g/mol. The Labute approximate surface area is 128 Å². The molecule has 1 aromatic heterocycles. The highest BCUT2D eigenvalue weighted by Gasteiger charge is 2.12. The van der Waals surface area contributed by atoms with Crippen molar-refractivity contribution in [3.63, 3.8) is 0 Å². The Balaban J connectivity index is 2.00. The van der Waals surface area contributed by atoms with E-state index in [1.54, 1.807) is 0 Å². The first-order valence-corrected chi connectivity index (χ1v) is 8.13. The first-order chi connectivity index (χ1) is 10.3. The van der Waals surface area contributed by atoms with Gasteiger partial charge in [0.25, 0.3) is 0 Å². The molecule has 2 aromatic rings. The van der Waals surface area contributed by atoms with Gasteiger partial charge in [0.15, 0.2) is 0 Å². The minimum absolute atomic E-state index is 0.415. The van der Waals surface area contributed by atoms with Crippen LogP contribution in [0.4, 0.5) is 0 Å². The lowest BCUT2D eigenvalue weighted by Crippen LogP contribution is -2.23. The van der Waals surface area contributed by atoms with Crippen LogP contribution in [-0.2, 0) is 13.0 Å². The minimum atomic E-state index is 0.415. The molecule has 0 spiro atoms. The van der Waals surface area contributed by atoms with Gasteiger partial charge in [-0.3, -0.25) is 0 Å². The van der Waals surface area contributed by atoms with Crippen molar-refractivity contribution >= 4 is 0 Å². The van der Waals surface area contributed by atoms with Gasteiger partial charge < -0.3 is 9.88 Å². The lowest BCUT2D eigenvalue weighted by Gasteiger charge is -2.19. The molecule has 1 N–H and O–H groups in total. The molecule has 114 valence electrons. The molecule has 1 atom stereocenters. The van der Waals surface area contributed by atoms with Gasteiger partial charge in [0, 0.05) is 31.4 Å². The largest absolute Gasteiger partial charge is 0.335 e. The number of rotatable bonds is 9. The number of nitrogens with one attached hydrogen (secondary N) is 1. The van der Waals surface area contributed by atoms with Crippen LogP contribution < -0.4 is 5.32 Å². The zero-order valence-corrected chi connectivity index (χ0v) is 13.3. The monoisotopic (exact) mass is 285 g/mol. The van der Waals surface area contributed by atoms with E-state index in [0.717, 1.165) is 38.8 Å². The second-order valence-electron chi connectivity index (χ2n) is 5.49. The normalized spacial score (nSPS) is 12.5. The van der Waals surface area contributed by atoms with Crippen LogP contribution in [0.3, 0.4) is 0 Å². The van der Waals surface area contributed by atoms with Crippen molar-refractivity contribution in [2.24, 2.45) is 0 Å². The van der Waals surface area contributed by atoms with E-state index in [1.165, 1.54) is 11.4 Å². The number of hydrogen-bond acceptors (Lipinski definition) is 2. The molecule has 3 heteroatoms. The molecule has 0 saturated heterocycles. The molecule has 3 nitrogen and oxygen atoms in total. The highest BCUT2D eigenvalue weighted by molar-refractivity contribution is 5.19. The lowest BCUT2D eigenvalue weighted by molar-refractivity contribution is 0.486. The van der Waals surface area contributed by atoms with Crippen LogP contribution in [0.5, 0.6) is 0 Å². The van der Waals surface area contributed by atoms with Crippen molar-refractivity contribution in [2.75, 3.05) is 6.54 Å². The molecule has 0 aliphatic heterocycles. The van der Waals surface area contributed by atoms with E-state index in [9.17, 15) is 0 Å². The maximum atomic E-state index is 4.52. The summed E-state index contributed by atoms with van der Waals surface area (Å²) in [6.45, 7) is 6.54. The summed E-state index contributed by atoms with van der Waals surface area (Å²) in [7, 11) is 0. The number of imidazole rings is 1. The summed E-state index contributed by atoms with van der Waals surface area (Å²) in [5.74, 6) is 1.20. The molecule has 21 heavy (non-hydrogen) atoms. The summed E-state index contributed by atoms with van der Waals surface area (Å²) in [6, 6.07) is 11.2. The molecule has 0 aliphatic carbocycles. The van der Waals surface area contributed by atoms with Crippen molar-refractivity contribution < 1.29 is 0 Å². The van der Waals surface area contributed by atoms with Gasteiger partial charge >= 0.3 is 0 Å². The summed E-state index contributed by atoms with van der Waals surface area (Å²) < 4.78 is 2.28. The van der Waals surface area contributed by atoms with Crippen molar-refractivity contribution in [2.45, 2.75) is 52.1 Å². The molecular formula is C18H27N3. The lowest BCUT2D eigenvalue weighted by atomic mass is 10.0. The predicted molar refractivity (Wildman–Crippen MR) is 88.3 cm³/mol. The Morgan fingerprint density at radius 2 is 1.95 bits per heavy atom. The van der Waals surface area contributed by atoms with Gasteiger partial charge in [-0.15, -0.1) is 0 Å². The maximum absolute atomic E-state index is 4.52. The van der Waals surface area contributed by atoms with Gasteiger partial charge in [-0.1, -0.05) is 44.2 Å². The molecule has 1 aromatic carbocycles. The predicted octanol–water partition coefficient (Wildman–Crippen LogP) is 3.97. The number of benzene rings is 1. The summed E-state index contributed by atoms with van der Waals surface area (Å²) in [5.41, 5.74) is 1.37. The molecule has 0 saturated carbocycles. The Kier molecular flexibility index (Phi) is 6.48. The first kappa shape index (κ1) is 15.8. The van der Waals surface area contributed by atoms with Gasteiger partial charge in [-0.25, -0.2) is 4.98 Å². The van der Waals surface area contributed by atoms with Crippen molar-refractivity contribution in [3.8, 4) is 0 Å². The maximum Gasteiger partial charge on any atom is 0.108 e. The van der Waals surface area contributed by atoms with Crippen molar-refractivity contribution in [1.29, 1.82) is 0 Å². The van der Waals surface area contributed by atoms with Crippen LogP contribution in [0.1, 0.15) is 50.5 Å². The van der Waals surface area contributed by atoms with Crippen LogP contribution in [0.25, 0.3) is 0 Å². The van der Waals surface area contributed by atoms with E-state index in [2.05, 4.69) is 65.2 Å². The van der Waals surface area contributed by atoms with Gasteiger partial charge in [0.2, 0.25) is 0 Å². The van der Waals surface area contributed by atoms with Crippen molar-refractivity contribution in [3.05, 3.63) is 54.1 Å². The molecular weight excluding hydrogens is 258 g/mol. The topological polar surface area (TPSA) is 29.9 Å². The molecule has 1 unspecified atom stereocenters. The SMILES string of the molecule is CCCNC(CCc1nccn1CCC)c1ccccc1. The second-order valence-corrected chi connectivity index (χ2v) is 5.49. The van der Waals surface area contributed by atoms with Crippen LogP contribution in [0.15, 0.2) is 42.7 Å². The molecule has 0 fully saturated rings. The summed E-state index contributed by atoms with van der Waals surface area (Å²) >= 11 is 0. The Hall–Kier alpha value is -1.61. The smallest absolute Gasteiger partial charge is 0.108 e. The molecule has 0 bridgehead atoms. The third kappa shape index (κ3) is 4.71. The molecule has 1 heterocycles. The Morgan fingerprint density at radius 3 is 2.67 bits per heavy atom. The molecule has 2 rings (SSSR count). The highest BCUT2D eigenvalue weighted by atomic mass is 15.1. The Morgan fingerprint density at radius 1 is 1.14 bits per heavy atom. The summed E-state index contributed by atoms with van der Waals surface area (Å²) in [6.07, 6.45) is 8.43. The average Bonchev–Trinajstić information content (AvgIpc) is 2.96. The summed E-state index contributed by atoms with van der Waals surface area (Å²) in [5, 5.41) is 3.66. The quantitative estimate of drug-likeness (QED) is 0.755. The van der Waals surface area contributed by atoms with Crippen LogP contribution >= 0.6 is 0 Å². The van der Waals surface area contributed by atoms with Gasteiger partial charge in [-0.2, -0.15) is 0 Å². The molecule has 0 radical (unpaired) electrons. The Bertz CT molecular complexity index is 504. The molecule has 0 amide bonds. The van der Waals surface area contributed by atoms with Crippen molar-refractivity contribution in [1.82, 2.24) is 14.9 Å². The third-order valence-electron chi connectivity index (χ3n) is 3.77. The van der Waals surface area contributed by atoms with E-state index in [0.29, 0.717) is 6.04 Å². The standard InChI is InChI=1S/C18H27N3/c1-3-12-19-17(16-8-6-5-7-9-16)10-11-18-20-13-15-21(18)14-4-2/h5-9,13,15,17,19H,3-4,10-12,14H2,1-2H3. The second kappa shape index (κ2) is 8.63. The number of hydrogen-bond donors (Lipinski definition) is 1. The molecule has 0 aliphatic rings. The van der Waals surface area contributed by atoms with Gasteiger partial charge in [0.1, 0.15) is 5.82 Å². The van der Waals surface area contributed by atoms with E-state index in [-0.39, 0.29) is 0 Å². The van der Waals surface area contributed by atoms with E-state index >= 15 is 0 Å².